The second kappa shape index (κ2) is 6.75. The van der Waals surface area contributed by atoms with Crippen LogP contribution in [0.3, 0.4) is 0 Å². The number of carbonyl (C=O) groups is 1. The van der Waals surface area contributed by atoms with Gasteiger partial charge < -0.3 is 15.4 Å². The first-order valence-corrected chi connectivity index (χ1v) is 7.37. The van der Waals surface area contributed by atoms with E-state index in [2.05, 4.69) is 10.6 Å². The minimum atomic E-state index is -0.00160. The maximum absolute atomic E-state index is 11.6. The average molecular weight is 276 g/mol. The Morgan fingerprint density at radius 1 is 1.25 bits per heavy atom. The first-order chi connectivity index (χ1) is 9.58. The summed E-state index contributed by atoms with van der Waals surface area (Å²) in [6, 6.07) is 8.37. The molecule has 20 heavy (non-hydrogen) atoms. The SMILES string of the molecule is CCOC1CC(Nc2ccc(NC(=O)C(C)C)cc2)C1. The third kappa shape index (κ3) is 3.97. The lowest BCUT2D eigenvalue weighted by Gasteiger charge is -2.36. The van der Waals surface area contributed by atoms with E-state index in [1.807, 2.05) is 45.0 Å². The number of benzene rings is 1. The van der Waals surface area contributed by atoms with Gasteiger partial charge >= 0.3 is 0 Å². The predicted molar refractivity (Wildman–Crippen MR) is 82.0 cm³/mol. The fourth-order valence-electron chi connectivity index (χ4n) is 2.23. The second-order valence-corrected chi connectivity index (χ2v) is 5.61. The van der Waals surface area contributed by atoms with E-state index in [1.165, 1.54) is 0 Å². The molecular formula is C16H24N2O2. The van der Waals surface area contributed by atoms with Gasteiger partial charge in [-0.2, -0.15) is 0 Å². The van der Waals surface area contributed by atoms with Crippen LogP contribution >= 0.6 is 0 Å². The molecule has 2 rings (SSSR count). The number of anilines is 2. The molecule has 1 aliphatic rings. The number of nitrogens with one attached hydrogen (secondary N) is 2. The van der Waals surface area contributed by atoms with Crippen LogP contribution in [-0.2, 0) is 9.53 Å². The van der Waals surface area contributed by atoms with Crippen LogP contribution < -0.4 is 10.6 Å². The van der Waals surface area contributed by atoms with Crippen molar-refractivity contribution in [3.8, 4) is 0 Å². The van der Waals surface area contributed by atoms with Crippen LogP contribution in [0.4, 0.5) is 11.4 Å². The Balaban J connectivity index is 1.79. The first kappa shape index (κ1) is 14.9. The molecule has 2 N–H and O–H groups in total. The summed E-state index contributed by atoms with van der Waals surface area (Å²) >= 11 is 0. The third-order valence-corrected chi connectivity index (χ3v) is 3.54. The topological polar surface area (TPSA) is 50.4 Å². The molecule has 0 spiro atoms. The molecule has 1 aromatic rings. The number of hydrogen-bond acceptors (Lipinski definition) is 3. The Morgan fingerprint density at radius 2 is 1.85 bits per heavy atom. The summed E-state index contributed by atoms with van der Waals surface area (Å²) < 4.78 is 5.54. The molecular weight excluding hydrogens is 252 g/mol. The van der Waals surface area contributed by atoms with E-state index in [-0.39, 0.29) is 11.8 Å². The van der Waals surface area contributed by atoms with Crippen LogP contribution in [0.5, 0.6) is 0 Å². The molecule has 0 aliphatic heterocycles. The minimum Gasteiger partial charge on any atom is -0.382 e. The summed E-state index contributed by atoms with van der Waals surface area (Å²) in [4.78, 5) is 11.6. The summed E-state index contributed by atoms with van der Waals surface area (Å²) in [6.07, 6.45) is 2.56. The van der Waals surface area contributed by atoms with E-state index in [4.69, 9.17) is 4.74 Å². The summed E-state index contributed by atoms with van der Waals surface area (Å²) in [5.74, 6) is 0.0440. The summed E-state index contributed by atoms with van der Waals surface area (Å²) in [5.41, 5.74) is 1.93. The van der Waals surface area contributed by atoms with E-state index in [0.29, 0.717) is 12.1 Å². The monoisotopic (exact) mass is 276 g/mol. The Kier molecular flexibility index (Phi) is 5.01. The minimum absolute atomic E-state index is 0.00160. The Labute approximate surface area is 120 Å². The van der Waals surface area contributed by atoms with Crippen molar-refractivity contribution in [1.82, 2.24) is 0 Å². The lowest BCUT2D eigenvalue weighted by Crippen LogP contribution is -2.40. The highest BCUT2D eigenvalue weighted by atomic mass is 16.5. The van der Waals surface area contributed by atoms with Crippen LogP contribution in [0.15, 0.2) is 24.3 Å². The van der Waals surface area contributed by atoms with Crippen molar-refractivity contribution in [2.24, 2.45) is 5.92 Å². The van der Waals surface area contributed by atoms with Gasteiger partial charge in [0.25, 0.3) is 0 Å². The zero-order valence-corrected chi connectivity index (χ0v) is 12.5. The number of hydrogen-bond donors (Lipinski definition) is 2. The summed E-state index contributed by atoms with van der Waals surface area (Å²) in [6.45, 7) is 6.60. The number of rotatable bonds is 6. The van der Waals surface area contributed by atoms with Gasteiger partial charge in [0.15, 0.2) is 0 Å². The average Bonchev–Trinajstić information content (AvgIpc) is 2.38. The molecule has 0 unspecified atom stereocenters. The maximum Gasteiger partial charge on any atom is 0.226 e. The molecule has 4 heteroatoms. The highest BCUT2D eigenvalue weighted by Gasteiger charge is 2.29. The van der Waals surface area contributed by atoms with Crippen LogP contribution in [0.25, 0.3) is 0 Å². The molecule has 110 valence electrons. The largest absolute Gasteiger partial charge is 0.382 e. The van der Waals surface area contributed by atoms with Gasteiger partial charge in [-0.05, 0) is 44.0 Å². The molecule has 1 aliphatic carbocycles. The highest BCUT2D eigenvalue weighted by molar-refractivity contribution is 5.92. The number of carbonyl (C=O) groups excluding carboxylic acids is 1. The fraction of sp³-hybridized carbons (Fsp3) is 0.562. The molecule has 0 radical (unpaired) electrons. The summed E-state index contributed by atoms with van der Waals surface area (Å²) in [5, 5.41) is 6.36. The first-order valence-electron chi connectivity index (χ1n) is 7.37. The van der Waals surface area contributed by atoms with Crippen molar-refractivity contribution in [2.75, 3.05) is 17.2 Å². The summed E-state index contributed by atoms with van der Waals surface area (Å²) in [7, 11) is 0. The van der Waals surface area contributed by atoms with Crippen molar-refractivity contribution in [3.05, 3.63) is 24.3 Å². The van der Waals surface area contributed by atoms with Crippen molar-refractivity contribution in [3.63, 3.8) is 0 Å². The lowest BCUT2D eigenvalue weighted by molar-refractivity contribution is -0.118. The predicted octanol–water partition coefficient (Wildman–Crippen LogP) is 3.26. The van der Waals surface area contributed by atoms with Gasteiger partial charge in [0.1, 0.15) is 0 Å². The Bertz CT molecular complexity index is 436. The number of ether oxygens (including phenoxy) is 1. The molecule has 1 aromatic carbocycles. The molecule has 0 aromatic heterocycles. The van der Waals surface area contributed by atoms with E-state index in [1.54, 1.807) is 0 Å². The van der Waals surface area contributed by atoms with Gasteiger partial charge in [-0.1, -0.05) is 13.8 Å². The van der Waals surface area contributed by atoms with Crippen LogP contribution in [0.1, 0.15) is 33.6 Å². The van der Waals surface area contributed by atoms with Crippen molar-refractivity contribution in [2.45, 2.75) is 45.8 Å². The van der Waals surface area contributed by atoms with Gasteiger partial charge in [-0.25, -0.2) is 0 Å². The second-order valence-electron chi connectivity index (χ2n) is 5.61. The normalized spacial score (nSPS) is 21.4. The van der Waals surface area contributed by atoms with E-state index in [9.17, 15) is 4.79 Å². The molecule has 0 heterocycles. The lowest BCUT2D eigenvalue weighted by atomic mass is 9.89. The number of amides is 1. The standard InChI is InChI=1S/C16H24N2O2/c1-4-20-15-9-14(10-15)17-12-5-7-13(8-6-12)18-16(19)11(2)3/h5-8,11,14-15,17H,4,9-10H2,1-3H3,(H,18,19). The molecule has 1 fully saturated rings. The Morgan fingerprint density at radius 3 is 2.40 bits per heavy atom. The fourth-order valence-corrected chi connectivity index (χ4v) is 2.23. The van der Waals surface area contributed by atoms with Crippen molar-refractivity contribution in [1.29, 1.82) is 0 Å². The molecule has 4 nitrogen and oxygen atoms in total. The van der Waals surface area contributed by atoms with Crippen LogP contribution in [-0.4, -0.2) is 24.7 Å². The smallest absolute Gasteiger partial charge is 0.226 e. The van der Waals surface area contributed by atoms with Gasteiger partial charge in [0, 0.05) is 29.9 Å². The van der Waals surface area contributed by atoms with Gasteiger partial charge in [-0.15, -0.1) is 0 Å². The van der Waals surface area contributed by atoms with E-state index < -0.39 is 0 Å². The van der Waals surface area contributed by atoms with Gasteiger partial charge in [-0.3, -0.25) is 4.79 Å². The van der Waals surface area contributed by atoms with E-state index >= 15 is 0 Å². The quantitative estimate of drug-likeness (QED) is 0.838. The molecule has 1 amide bonds. The van der Waals surface area contributed by atoms with Crippen molar-refractivity contribution >= 4 is 17.3 Å². The van der Waals surface area contributed by atoms with Crippen LogP contribution in [0.2, 0.25) is 0 Å². The molecule has 0 saturated heterocycles. The van der Waals surface area contributed by atoms with E-state index in [0.717, 1.165) is 30.8 Å². The Hall–Kier alpha value is -1.55. The molecule has 0 atom stereocenters. The zero-order valence-electron chi connectivity index (χ0n) is 12.5. The molecule has 0 bridgehead atoms. The van der Waals surface area contributed by atoms with Crippen molar-refractivity contribution < 1.29 is 9.53 Å². The highest BCUT2D eigenvalue weighted by Crippen LogP contribution is 2.27. The van der Waals surface area contributed by atoms with Crippen LogP contribution in [0, 0.1) is 5.92 Å². The maximum atomic E-state index is 11.6. The van der Waals surface area contributed by atoms with Gasteiger partial charge in [0.05, 0.1) is 6.10 Å². The third-order valence-electron chi connectivity index (χ3n) is 3.54. The zero-order chi connectivity index (χ0) is 14.5. The molecule has 1 saturated carbocycles. The van der Waals surface area contributed by atoms with Gasteiger partial charge in [0.2, 0.25) is 5.91 Å².